The van der Waals surface area contributed by atoms with E-state index in [4.69, 9.17) is 16.3 Å². The van der Waals surface area contributed by atoms with Gasteiger partial charge in [0.2, 0.25) is 5.88 Å². The second kappa shape index (κ2) is 4.86. The minimum atomic E-state index is -0.721. The molecular weight excluding hydrogens is 262 g/mol. The standard InChI is InChI=1S/C12H9ClF2N2O/c1-6-7(2)12(17-16-11(6)13)18-10-4-8(14)3-9(15)5-10/h3-5H,1-2H3. The number of benzene rings is 1. The van der Waals surface area contributed by atoms with Crippen molar-refractivity contribution in [1.29, 1.82) is 0 Å². The van der Waals surface area contributed by atoms with Crippen LogP contribution in [0.2, 0.25) is 5.15 Å². The Balaban J connectivity index is 2.37. The maximum Gasteiger partial charge on any atom is 0.242 e. The van der Waals surface area contributed by atoms with Crippen molar-refractivity contribution in [3.8, 4) is 11.6 Å². The molecule has 2 rings (SSSR count). The number of nitrogens with zero attached hydrogens (tertiary/aromatic N) is 2. The van der Waals surface area contributed by atoms with Crippen LogP contribution in [-0.4, -0.2) is 10.2 Å². The molecule has 3 nitrogen and oxygen atoms in total. The van der Waals surface area contributed by atoms with E-state index in [0.29, 0.717) is 11.1 Å². The third-order valence-corrected chi connectivity index (χ3v) is 2.83. The zero-order valence-electron chi connectivity index (χ0n) is 9.67. The first-order valence-corrected chi connectivity index (χ1v) is 5.48. The van der Waals surface area contributed by atoms with Gasteiger partial charge >= 0.3 is 0 Å². The Kier molecular flexibility index (Phi) is 3.43. The molecule has 1 heterocycles. The Morgan fingerprint density at radius 3 is 2.22 bits per heavy atom. The first-order valence-electron chi connectivity index (χ1n) is 5.10. The van der Waals surface area contributed by atoms with Crippen LogP contribution in [0.25, 0.3) is 0 Å². The van der Waals surface area contributed by atoms with Crippen LogP contribution in [0.1, 0.15) is 11.1 Å². The summed E-state index contributed by atoms with van der Waals surface area (Å²) in [6.07, 6.45) is 0. The zero-order valence-corrected chi connectivity index (χ0v) is 10.4. The fourth-order valence-electron chi connectivity index (χ4n) is 1.35. The summed E-state index contributed by atoms with van der Waals surface area (Å²) < 4.78 is 31.3. The van der Waals surface area contributed by atoms with Crippen LogP contribution in [0.5, 0.6) is 11.6 Å². The molecule has 0 aliphatic rings. The van der Waals surface area contributed by atoms with Gasteiger partial charge in [-0.2, -0.15) is 0 Å². The second-order valence-electron chi connectivity index (χ2n) is 3.75. The molecule has 94 valence electrons. The van der Waals surface area contributed by atoms with Gasteiger partial charge in [-0.1, -0.05) is 11.6 Å². The highest BCUT2D eigenvalue weighted by atomic mass is 35.5. The third kappa shape index (κ3) is 2.56. The summed E-state index contributed by atoms with van der Waals surface area (Å²) in [5.41, 5.74) is 1.37. The summed E-state index contributed by atoms with van der Waals surface area (Å²) in [6, 6.07) is 2.89. The predicted molar refractivity (Wildman–Crippen MR) is 62.9 cm³/mol. The van der Waals surface area contributed by atoms with Crippen LogP contribution >= 0.6 is 11.6 Å². The Morgan fingerprint density at radius 1 is 1.00 bits per heavy atom. The molecule has 1 aromatic carbocycles. The van der Waals surface area contributed by atoms with Crippen LogP contribution in [0.15, 0.2) is 18.2 Å². The fraction of sp³-hybridized carbons (Fsp3) is 0.167. The summed E-state index contributed by atoms with van der Waals surface area (Å²) in [5.74, 6) is -1.25. The van der Waals surface area contributed by atoms with Crippen LogP contribution in [0.3, 0.4) is 0 Å². The van der Waals surface area contributed by atoms with Crippen molar-refractivity contribution < 1.29 is 13.5 Å². The van der Waals surface area contributed by atoms with E-state index in [2.05, 4.69) is 10.2 Å². The molecule has 0 amide bonds. The zero-order chi connectivity index (χ0) is 13.3. The van der Waals surface area contributed by atoms with Crippen molar-refractivity contribution in [1.82, 2.24) is 10.2 Å². The van der Waals surface area contributed by atoms with Gasteiger partial charge in [-0.25, -0.2) is 8.78 Å². The van der Waals surface area contributed by atoms with Crippen molar-refractivity contribution in [2.75, 3.05) is 0 Å². The molecule has 0 atom stereocenters. The number of hydrogen-bond acceptors (Lipinski definition) is 3. The summed E-state index contributed by atoms with van der Waals surface area (Å²) in [7, 11) is 0. The molecule has 0 saturated carbocycles. The van der Waals surface area contributed by atoms with Crippen LogP contribution < -0.4 is 4.74 Å². The summed E-state index contributed by atoms with van der Waals surface area (Å²) in [5, 5.41) is 7.70. The lowest BCUT2D eigenvalue weighted by molar-refractivity contribution is 0.440. The molecule has 0 aliphatic heterocycles. The average Bonchev–Trinajstić information content (AvgIpc) is 2.29. The number of rotatable bonds is 2. The van der Waals surface area contributed by atoms with E-state index in [-0.39, 0.29) is 16.8 Å². The smallest absolute Gasteiger partial charge is 0.242 e. The number of ether oxygens (including phenoxy) is 1. The Bertz CT molecular complexity index is 585. The molecule has 0 fully saturated rings. The minimum Gasteiger partial charge on any atom is -0.437 e. The molecule has 0 saturated heterocycles. The molecule has 2 aromatic rings. The largest absolute Gasteiger partial charge is 0.437 e. The first kappa shape index (κ1) is 12.7. The molecule has 6 heteroatoms. The summed E-state index contributed by atoms with van der Waals surface area (Å²) >= 11 is 5.79. The predicted octanol–water partition coefficient (Wildman–Crippen LogP) is 3.82. The van der Waals surface area contributed by atoms with Crippen molar-refractivity contribution >= 4 is 11.6 Å². The Hall–Kier alpha value is -1.75. The molecule has 1 aromatic heterocycles. The van der Waals surface area contributed by atoms with Gasteiger partial charge in [0.25, 0.3) is 0 Å². The highest BCUT2D eigenvalue weighted by Gasteiger charge is 2.11. The van der Waals surface area contributed by atoms with Crippen molar-refractivity contribution in [3.63, 3.8) is 0 Å². The lowest BCUT2D eigenvalue weighted by atomic mass is 10.2. The minimum absolute atomic E-state index is 0.0200. The molecule has 0 bridgehead atoms. The number of aromatic nitrogens is 2. The molecule has 0 spiro atoms. The normalized spacial score (nSPS) is 10.5. The van der Waals surface area contributed by atoms with Crippen molar-refractivity contribution in [2.45, 2.75) is 13.8 Å². The van der Waals surface area contributed by atoms with Crippen LogP contribution in [0, 0.1) is 25.5 Å². The summed E-state index contributed by atoms with van der Waals surface area (Å²) in [6.45, 7) is 3.49. The number of hydrogen-bond donors (Lipinski definition) is 0. The average molecular weight is 271 g/mol. The van der Waals surface area contributed by atoms with E-state index >= 15 is 0 Å². The van der Waals surface area contributed by atoms with Gasteiger partial charge < -0.3 is 4.74 Å². The van der Waals surface area contributed by atoms with Gasteiger partial charge in [0.15, 0.2) is 5.15 Å². The van der Waals surface area contributed by atoms with Gasteiger partial charge in [-0.3, -0.25) is 0 Å². The van der Waals surface area contributed by atoms with Gasteiger partial charge in [-0.15, -0.1) is 10.2 Å². The molecule has 0 N–H and O–H groups in total. The topological polar surface area (TPSA) is 35.0 Å². The highest BCUT2D eigenvalue weighted by molar-refractivity contribution is 6.30. The van der Waals surface area contributed by atoms with E-state index in [1.165, 1.54) is 0 Å². The van der Waals surface area contributed by atoms with E-state index in [9.17, 15) is 8.78 Å². The Morgan fingerprint density at radius 2 is 1.61 bits per heavy atom. The van der Waals surface area contributed by atoms with Crippen molar-refractivity contribution in [3.05, 3.63) is 46.1 Å². The fourth-order valence-corrected chi connectivity index (χ4v) is 1.53. The SMILES string of the molecule is Cc1c(Cl)nnc(Oc2cc(F)cc(F)c2)c1C. The van der Waals surface area contributed by atoms with Gasteiger partial charge in [0.1, 0.15) is 17.4 Å². The first-order chi connectivity index (χ1) is 8.47. The van der Waals surface area contributed by atoms with Crippen LogP contribution in [-0.2, 0) is 0 Å². The molecule has 0 unspecified atom stereocenters. The van der Waals surface area contributed by atoms with Gasteiger partial charge in [0.05, 0.1) is 0 Å². The van der Waals surface area contributed by atoms with Gasteiger partial charge in [-0.05, 0) is 19.4 Å². The molecule has 0 radical (unpaired) electrons. The monoisotopic (exact) mass is 270 g/mol. The lowest BCUT2D eigenvalue weighted by Gasteiger charge is -2.09. The van der Waals surface area contributed by atoms with E-state index in [1.807, 2.05) is 0 Å². The highest BCUT2D eigenvalue weighted by Crippen LogP contribution is 2.27. The molecule has 18 heavy (non-hydrogen) atoms. The molecular formula is C12H9ClF2N2O. The Labute approximate surface area is 107 Å². The van der Waals surface area contributed by atoms with Crippen LogP contribution in [0.4, 0.5) is 8.78 Å². The van der Waals surface area contributed by atoms with E-state index in [0.717, 1.165) is 18.2 Å². The quantitative estimate of drug-likeness (QED) is 0.832. The molecule has 0 aliphatic carbocycles. The van der Waals surface area contributed by atoms with E-state index < -0.39 is 11.6 Å². The van der Waals surface area contributed by atoms with E-state index in [1.54, 1.807) is 13.8 Å². The maximum atomic E-state index is 13.0. The number of halogens is 3. The third-order valence-electron chi connectivity index (χ3n) is 2.47. The van der Waals surface area contributed by atoms with Crippen molar-refractivity contribution in [2.24, 2.45) is 0 Å². The lowest BCUT2D eigenvalue weighted by Crippen LogP contribution is -1.98. The summed E-state index contributed by atoms with van der Waals surface area (Å²) in [4.78, 5) is 0. The maximum absolute atomic E-state index is 13.0. The van der Waals surface area contributed by atoms with Gasteiger partial charge in [0, 0.05) is 23.8 Å². The second-order valence-corrected chi connectivity index (χ2v) is 4.11.